The monoisotopic (exact) mass is 791 g/mol. The molecule has 0 aromatic carbocycles. The highest BCUT2D eigenvalue weighted by atomic mass is 16.7. The lowest BCUT2D eigenvalue weighted by molar-refractivity contribution is -0.350. The second-order valence-corrected chi connectivity index (χ2v) is 13.2. The van der Waals surface area contributed by atoms with Gasteiger partial charge in [-0.3, -0.25) is 14.4 Å². The number of nitrogens with one attached hydrogen (secondary N) is 3. The van der Waals surface area contributed by atoms with Gasteiger partial charge in [0.15, 0.2) is 18.9 Å². The van der Waals surface area contributed by atoms with Gasteiger partial charge in [0.25, 0.3) is 0 Å². The normalized spacial score (nSPS) is 39.5. The third kappa shape index (κ3) is 11.2. The highest BCUT2D eigenvalue weighted by Gasteiger charge is 2.53. The first-order valence-corrected chi connectivity index (χ1v) is 17.0. The summed E-state index contributed by atoms with van der Waals surface area (Å²) in [4.78, 5) is 36.3. The molecule has 3 amide bonds. The fourth-order valence-electron chi connectivity index (χ4n) is 6.25. The average Bonchev–Trinajstić information content (AvgIpc) is 3.12. The second-order valence-electron chi connectivity index (χ2n) is 13.2. The third-order valence-electron chi connectivity index (χ3n) is 9.05. The minimum Gasteiger partial charge on any atom is -0.394 e. The van der Waals surface area contributed by atoms with Gasteiger partial charge in [0.1, 0.15) is 91.4 Å². The van der Waals surface area contributed by atoms with Gasteiger partial charge in [0, 0.05) is 20.8 Å². The molecule has 19 atom stereocenters. The fraction of sp³-hybridized carbons (Fsp3) is 0.900. The van der Waals surface area contributed by atoms with Gasteiger partial charge in [-0.1, -0.05) is 0 Å². The third-order valence-corrected chi connectivity index (χ3v) is 9.05. The van der Waals surface area contributed by atoms with Crippen LogP contribution in [-0.2, 0) is 42.8 Å². The Bertz CT molecular complexity index is 1210. The Morgan fingerprint density at radius 3 is 1.65 bits per heavy atom. The molecular formula is C30H53N3O21. The first-order valence-electron chi connectivity index (χ1n) is 17.0. The topological polar surface area (TPSA) is 385 Å². The number of carbonyl (C=O) groups is 3. The molecule has 0 aromatic rings. The van der Waals surface area contributed by atoms with Gasteiger partial charge in [0.2, 0.25) is 17.7 Å². The van der Waals surface area contributed by atoms with Crippen molar-refractivity contribution < 1.29 is 104 Å². The molecule has 3 aliphatic rings. The first kappa shape index (κ1) is 46.1. The van der Waals surface area contributed by atoms with Gasteiger partial charge >= 0.3 is 0 Å². The minimum absolute atomic E-state index is 0.678. The fourth-order valence-corrected chi connectivity index (χ4v) is 6.25. The summed E-state index contributed by atoms with van der Waals surface area (Å²) < 4.78 is 33.8. The van der Waals surface area contributed by atoms with Gasteiger partial charge in [-0.05, 0) is 0 Å². The van der Waals surface area contributed by atoms with Crippen LogP contribution < -0.4 is 16.0 Å². The van der Waals surface area contributed by atoms with E-state index in [1.165, 1.54) is 0 Å². The number of carbonyl (C=O) groups excluding carboxylic acids is 3. The molecule has 3 heterocycles. The molecule has 0 saturated carbocycles. The molecule has 24 nitrogen and oxygen atoms in total. The van der Waals surface area contributed by atoms with Gasteiger partial charge in [-0.25, -0.2) is 0 Å². The number of rotatable bonds is 17. The minimum atomic E-state index is -2.16. The molecule has 3 aliphatic heterocycles. The molecule has 3 saturated heterocycles. The standard InChI is InChI=1S/C30H53N3O21/c1-9(38)31-12(4-34)26(19(42)13(41)8-49-28-17(32-10(2)39)23(46)20(43)14(5-35)50-28)53-29-18(33-11(3)40)27(22(45)16(7-37)51-29)54-30-25(48)24(47)21(44)15(6-36)52-30/h12-30,34-37,41-48H,4-8H2,1-3H3,(H,31,38)(H,32,39)(H,33,40)/t12-,13+,14+,15+,16+,17+,18+,19-,20+,21-,22+,23+,24-,25+,26+,27+,28+,29-,30-/m0/s1. The van der Waals surface area contributed by atoms with Crippen LogP contribution >= 0.6 is 0 Å². The van der Waals surface area contributed by atoms with Crippen molar-refractivity contribution in [3.63, 3.8) is 0 Å². The van der Waals surface area contributed by atoms with E-state index in [-0.39, 0.29) is 0 Å². The van der Waals surface area contributed by atoms with Crippen LogP contribution in [0.4, 0.5) is 0 Å². The van der Waals surface area contributed by atoms with Crippen molar-refractivity contribution in [3.8, 4) is 0 Å². The highest BCUT2D eigenvalue weighted by Crippen LogP contribution is 2.31. The van der Waals surface area contributed by atoms with E-state index < -0.39 is 167 Å². The summed E-state index contributed by atoms with van der Waals surface area (Å²) in [6.45, 7) is -1.24. The van der Waals surface area contributed by atoms with Crippen LogP contribution in [0.2, 0.25) is 0 Å². The number of hydrogen-bond donors (Lipinski definition) is 15. The Hall–Kier alpha value is -2.31. The van der Waals surface area contributed by atoms with E-state index in [1.54, 1.807) is 0 Å². The lowest BCUT2D eigenvalue weighted by Gasteiger charge is -2.48. The van der Waals surface area contributed by atoms with Crippen LogP contribution in [0.15, 0.2) is 0 Å². The van der Waals surface area contributed by atoms with Crippen molar-refractivity contribution in [2.45, 2.75) is 137 Å². The summed E-state index contributed by atoms with van der Waals surface area (Å²) in [7, 11) is 0. The molecule has 0 unspecified atom stereocenters. The van der Waals surface area contributed by atoms with Crippen molar-refractivity contribution in [2.24, 2.45) is 0 Å². The number of aliphatic hydroxyl groups is 12. The number of amides is 3. The largest absolute Gasteiger partial charge is 0.394 e. The molecule has 0 bridgehead atoms. The predicted molar refractivity (Wildman–Crippen MR) is 171 cm³/mol. The summed E-state index contributed by atoms with van der Waals surface area (Å²) in [5.41, 5.74) is 0. The van der Waals surface area contributed by atoms with Crippen LogP contribution in [0, 0.1) is 0 Å². The van der Waals surface area contributed by atoms with E-state index >= 15 is 0 Å². The summed E-state index contributed by atoms with van der Waals surface area (Å²) >= 11 is 0. The Kier molecular flexibility index (Phi) is 17.7. The number of aliphatic hydroxyl groups excluding tert-OH is 12. The molecule has 54 heavy (non-hydrogen) atoms. The lowest BCUT2D eigenvalue weighted by atomic mass is 9.94. The van der Waals surface area contributed by atoms with Crippen molar-refractivity contribution in [3.05, 3.63) is 0 Å². The summed E-state index contributed by atoms with van der Waals surface area (Å²) in [5, 5.41) is 132. The Labute approximate surface area is 308 Å². The van der Waals surface area contributed by atoms with Crippen LogP contribution in [0.1, 0.15) is 20.8 Å². The van der Waals surface area contributed by atoms with E-state index in [1.807, 2.05) is 0 Å². The quantitative estimate of drug-likeness (QED) is 0.0650. The Morgan fingerprint density at radius 1 is 0.630 bits per heavy atom. The molecule has 0 aliphatic carbocycles. The maximum absolute atomic E-state index is 12.4. The van der Waals surface area contributed by atoms with Crippen molar-refractivity contribution >= 4 is 17.7 Å². The summed E-state index contributed by atoms with van der Waals surface area (Å²) in [6, 6.07) is -4.66. The first-order chi connectivity index (χ1) is 25.4. The second kappa shape index (κ2) is 20.7. The summed E-state index contributed by atoms with van der Waals surface area (Å²) in [6.07, 6.45) is -28.6. The van der Waals surface area contributed by atoms with Crippen molar-refractivity contribution in [1.29, 1.82) is 0 Å². The molecule has 3 fully saturated rings. The van der Waals surface area contributed by atoms with E-state index in [4.69, 9.17) is 28.4 Å². The van der Waals surface area contributed by atoms with E-state index in [0.29, 0.717) is 0 Å². The average molecular weight is 792 g/mol. The maximum atomic E-state index is 12.4. The SMILES string of the molecule is CC(=O)N[C@H]1[C@H](OC[C@@H](O)[C@H](O)[C@H](O[C@@H]2O[C@H](CO)[C@@H](O)[C@H](O[C@@H]3O[C@H](CO)[C@H](O)[C@H](O)[C@H]3O)[C@H]2NC(C)=O)[C@H](CO)NC(C)=O)O[C@H](CO)[C@@H](O)[C@@H]1O. The zero-order chi connectivity index (χ0) is 40.6. The van der Waals surface area contributed by atoms with Crippen LogP contribution in [-0.4, -0.2) is 228 Å². The molecule has 314 valence electrons. The molecular weight excluding hydrogens is 738 g/mol. The van der Waals surface area contributed by atoms with Crippen molar-refractivity contribution in [1.82, 2.24) is 16.0 Å². The Balaban J connectivity index is 1.94. The van der Waals surface area contributed by atoms with Gasteiger partial charge in [0.05, 0.1) is 39.1 Å². The van der Waals surface area contributed by atoms with E-state index in [2.05, 4.69) is 16.0 Å². The van der Waals surface area contributed by atoms with Gasteiger partial charge in [-0.2, -0.15) is 0 Å². The molecule has 0 radical (unpaired) electrons. The number of hydrogen-bond acceptors (Lipinski definition) is 21. The molecule has 15 N–H and O–H groups in total. The molecule has 0 spiro atoms. The number of ether oxygens (including phenoxy) is 6. The van der Waals surface area contributed by atoms with Crippen LogP contribution in [0.25, 0.3) is 0 Å². The zero-order valence-corrected chi connectivity index (χ0v) is 29.5. The molecule has 24 heteroatoms. The molecule has 3 rings (SSSR count). The zero-order valence-electron chi connectivity index (χ0n) is 29.5. The van der Waals surface area contributed by atoms with Crippen LogP contribution in [0.5, 0.6) is 0 Å². The summed E-state index contributed by atoms with van der Waals surface area (Å²) in [5.74, 6) is -2.23. The van der Waals surface area contributed by atoms with Crippen LogP contribution in [0.3, 0.4) is 0 Å². The molecule has 0 aromatic heterocycles. The van der Waals surface area contributed by atoms with Gasteiger partial charge in [-0.15, -0.1) is 0 Å². The van der Waals surface area contributed by atoms with E-state index in [9.17, 15) is 75.7 Å². The van der Waals surface area contributed by atoms with Crippen molar-refractivity contribution in [2.75, 3.05) is 33.0 Å². The Morgan fingerprint density at radius 2 is 1.13 bits per heavy atom. The van der Waals surface area contributed by atoms with Gasteiger partial charge < -0.3 is 106 Å². The lowest BCUT2D eigenvalue weighted by Crippen LogP contribution is -2.69. The maximum Gasteiger partial charge on any atom is 0.217 e. The highest BCUT2D eigenvalue weighted by molar-refractivity contribution is 5.74. The smallest absolute Gasteiger partial charge is 0.217 e. The predicted octanol–water partition coefficient (Wildman–Crippen LogP) is -9.68. The van der Waals surface area contributed by atoms with E-state index in [0.717, 1.165) is 20.8 Å².